The number of alkyl halides is 2. The van der Waals surface area contributed by atoms with Crippen molar-refractivity contribution < 1.29 is 18.3 Å². The van der Waals surface area contributed by atoms with Crippen LogP contribution in [-0.2, 0) is 12.3 Å². The van der Waals surface area contributed by atoms with Crippen LogP contribution < -0.4 is 15.4 Å². The van der Waals surface area contributed by atoms with E-state index in [9.17, 15) is 13.6 Å². The number of imidazole rings is 1. The molecule has 0 bridgehead atoms. The van der Waals surface area contributed by atoms with Crippen LogP contribution >= 0.6 is 11.6 Å². The highest BCUT2D eigenvalue weighted by Gasteiger charge is 2.36. The van der Waals surface area contributed by atoms with Gasteiger partial charge in [-0.3, -0.25) is 4.79 Å². The molecule has 2 heterocycles. The summed E-state index contributed by atoms with van der Waals surface area (Å²) in [5.74, 6) is -2.57. The third-order valence-electron chi connectivity index (χ3n) is 6.14. The molecule has 1 aliphatic rings. The molecule has 0 radical (unpaired) electrons. The fraction of sp³-hybridized carbons (Fsp3) is 0.259. The SMILES string of the molecule is Cc1cccc(Cl)c1Nc1nc2c3c(c(C(=O)Nc4cccc(C(C)(F)F)c4)cc2[nH]1)OC(C)(C)C3. The molecule has 0 saturated carbocycles. The quantitative estimate of drug-likeness (QED) is 0.262. The first kappa shape index (κ1) is 24.1. The van der Waals surface area contributed by atoms with Crippen molar-refractivity contribution in [3.63, 3.8) is 0 Å². The van der Waals surface area contributed by atoms with E-state index in [1.807, 2.05) is 32.9 Å². The van der Waals surface area contributed by atoms with Gasteiger partial charge in [-0.25, -0.2) is 13.8 Å². The summed E-state index contributed by atoms with van der Waals surface area (Å²) < 4.78 is 33.7. The van der Waals surface area contributed by atoms with Gasteiger partial charge in [0.05, 0.1) is 27.3 Å². The molecule has 9 heteroatoms. The molecule has 1 amide bonds. The lowest BCUT2D eigenvalue weighted by atomic mass is 9.98. The van der Waals surface area contributed by atoms with Crippen molar-refractivity contribution >= 4 is 45.9 Å². The Balaban J connectivity index is 1.54. The third-order valence-corrected chi connectivity index (χ3v) is 6.46. The molecule has 5 rings (SSSR count). The normalized spacial score (nSPS) is 14.4. The van der Waals surface area contributed by atoms with Crippen molar-refractivity contribution in [3.8, 4) is 5.75 Å². The number of halogens is 3. The summed E-state index contributed by atoms with van der Waals surface area (Å²) >= 11 is 6.37. The van der Waals surface area contributed by atoms with Crippen LogP contribution in [-0.4, -0.2) is 21.5 Å². The number of hydrogen-bond donors (Lipinski definition) is 3. The number of hydrogen-bond acceptors (Lipinski definition) is 4. The average Bonchev–Trinajstić information content (AvgIpc) is 3.34. The van der Waals surface area contributed by atoms with Crippen molar-refractivity contribution in [1.29, 1.82) is 0 Å². The number of anilines is 3. The van der Waals surface area contributed by atoms with E-state index >= 15 is 0 Å². The first-order valence-electron chi connectivity index (χ1n) is 11.5. The first-order chi connectivity index (χ1) is 16.9. The van der Waals surface area contributed by atoms with E-state index < -0.39 is 17.4 Å². The molecule has 0 spiro atoms. The van der Waals surface area contributed by atoms with Crippen LogP contribution in [0.15, 0.2) is 48.5 Å². The van der Waals surface area contributed by atoms with E-state index in [1.54, 1.807) is 18.2 Å². The van der Waals surface area contributed by atoms with E-state index in [0.29, 0.717) is 39.7 Å². The Bertz CT molecular complexity index is 1490. The second-order valence-corrected chi connectivity index (χ2v) is 10.1. The van der Waals surface area contributed by atoms with Gasteiger partial charge in [0.15, 0.2) is 0 Å². The highest BCUT2D eigenvalue weighted by Crippen LogP contribution is 2.43. The monoisotopic (exact) mass is 510 g/mol. The second-order valence-electron chi connectivity index (χ2n) is 9.73. The maximum atomic E-state index is 13.8. The Labute approximate surface area is 212 Å². The Kier molecular flexibility index (Phi) is 5.67. The first-order valence-corrected chi connectivity index (χ1v) is 11.9. The zero-order chi connectivity index (χ0) is 25.8. The van der Waals surface area contributed by atoms with Gasteiger partial charge in [-0.2, -0.15) is 0 Å². The Morgan fingerprint density at radius 1 is 1.19 bits per heavy atom. The number of carbonyl (C=O) groups is 1. The Hall–Kier alpha value is -3.65. The molecular weight excluding hydrogens is 486 g/mol. The zero-order valence-corrected chi connectivity index (χ0v) is 21.0. The molecule has 1 aromatic heterocycles. The minimum atomic E-state index is -3.02. The number of H-pyrrole nitrogens is 1. The minimum Gasteiger partial charge on any atom is -0.486 e. The molecule has 36 heavy (non-hydrogen) atoms. The largest absolute Gasteiger partial charge is 0.486 e. The summed E-state index contributed by atoms with van der Waals surface area (Å²) in [5.41, 5.74) is 3.66. The van der Waals surface area contributed by atoms with Crippen molar-refractivity contribution in [2.75, 3.05) is 10.6 Å². The molecule has 3 N–H and O–H groups in total. The van der Waals surface area contributed by atoms with Gasteiger partial charge in [0, 0.05) is 30.2 Å². The number of para-hydroxylation sites is 1. The lowest BCUT2D eigenvalue weighted by Gasteiger charge is -2.18. The van der Waals surface area contributed by atoms with E-state index in [0.717, 1.165) is 23.7 Å². The third kappa shape index (κ3) is 4.48. The standard InChI is InChI=1S/C27H25ClF2N4O2/c1-14-7-5-10-19(28)21(14)33-25-32-20-12-17(23-18(22(20)34-25)13-26(2,3)36-23)24(35)31-16-9-6-8-15(11-16)27(4,29)30/h5-12H,13H2,1-4H3,(H,31,35)(H2,32,33,34). The summed E-state index contributed by atoms with van der Waals surface area (Å²) in [7, 11) is 0. The molecule has 4 aromatic rings. The molecule has 6 nitrogen and oxygen atoms in total. The van der Waals surface area contributed by atoms with Crippen molar-refractivity contribution in [3.05, 3.63) is 75.8 Å². The molecule has 3 aromatic carbocycles. The predicted octanol–water partition coefficient (Wildman–Crippen LogP) is 7.35. The Morgan fingerprint density at radius 3 is 2.67 bits per heavy atom. The van der Waals surface area contributed by atoms with Crippen LogP contribution in [0, 0.1) is 6.92 Å². The summed E-state index contributed by atoms with van der Waals surface area (Å²) in [6.07, 6.45) is 0.549. The lowest BCUT2D eigenvalue weighted by molar-refractivity contribution is 0.0175. The smallest absolute Gasteiger partial charge is 0.270 e. The fourth-order valence-corrected chi connectivity index (χ4v) is 4.69. The summed E-state index contributed by atoms with van der Waals surface area (Å²) in [6, 6.07) is 12.9. The number of aryl methyl sites for hydroxylation is 1. The van der Waals surface area contributed by atoms with Crippen LogP contribution in [0.2, 0.25) is 5.02 Å². The number of fused-ring (bicyclic) bond motifs is 3. The highest BCUT2D eigenvalue weighted by atomic mass is 35.5. The number of amides is 1. The van der Waals surface area contributed by atoms with Gasteiger partial charge in [-0.15, -0.1) is 0 Å². The van der Waals surface area contributed by atoms with Crippen molar-refractivity contribution in [2.45, 2.75) is 45.6 Å². The number of carbonyl (C=O) groups excluding carboxylic acids is 1. The van der Waals surface area contributed by atoms with Crippen LogP contribution in [0.25, 0.3) is 11.0 Å². The van der Waals surface area contributed by atoms with Crippen LogP contribution in [0.5, 0.6) is 5.75 Å². The maximum Gasteiger partial charge on any atom is 0.270 e. The molecule has 0 saturated heterocycles. The van der Waals surface area contributed by atoms with Gasteiger partial charge in [0.1, 0.15) is 11.4 Å². The van der Waals surface area contributed by atoms with Gasteiger partial charge in [0.25, 0.3) is 11.8 Å². The van der Waals surface area contributed by atoms with Gasteiger partial charge in [-0.1, -0.05) is 35.9 Å². The number of rotatable bonds is 5. The van der Waals surface area contributed by atoms with Crippen LogP contribution in [0.1, 0.15) is 47.8 Å². The van der Waals surface area contributed by atoms with E-state index in [-0.39, 0.29) is 11.3 Å². The van der Waals surface area contributed by atoms with Gasteiger partial charge in [-0.05, 0) is 50.6 Å². The van der Waals surface area contributed by atoms with E-state index in [2.05, 4.69) is 15.6 Å². The van der Waals surface area contributed by atoms with Gasteiger partial charge < -0.3 is 20.4 Å². The average molecular weight is 511 g/mol. The molecule has 0 atom stereocenters. The maximum absolute atomic E-state index is 13.8. The summed E-state index contributed by atoms with van der Waals surface area (Å²) in [6.45, 7) is 6.63. The predicted molar refractivity (Wildman–Crippen MR) is 138 cm³/mol. The zero-order valence-electron chi connectivity index (χ0n) is 20.2. The van der Waals surface area contributed by atoms with E-state index in [4.69, 9.17) is 21.3 Å². The number of nitrogens with zero attached hydrogens (tertiary/aromatic N) is 1. The summed E-state index contributed by atoms with van der Waals surface area (Å²) in [5, 5.41) is 6.53. The minimum absolute atomic E-state index is 0.183. The van der Waals surface area contributed by atoms with Crippen molar-refractivity contribution in [2.24, 2.45) is 0 Å². The molecule has 186 valence electrons. The van der Waals surface area contributed by atoms with Gasteiger partial charge in [0.2, 0.25) is 5.95 Å². The molecular formula is C27H25ClF2N4O2. The van der Waals surface area contributed by atoms with Crippen LogP contribution in [0.4, 0.5) is 26.1 Å². The number of aromatic amines is 1. The van der Waals surface area contributed by atoms with Gasteiger partial charge >= 0.3 is 0 Å². The number of ether oxygens (including phenoxy) is 1. The topological polar surface area (TPSA) is 79.0 Å². The number of aromatic nitrogens is 2. The van der Waals surface area contributed by atoms with Crippen molar-refractivity contribution in [1.82, 2.24) is 9.97 Å². The molecule has 0 aliphatic carbocycles. The molecule has 0 unspecified atom stereocenters. The Morgan fingerprint density at radius 2 is 1.94 bits per heavy atom. The lowest BCUT2D eigenvalue weighted by Crippen LogP contribution is -2.25. The summed E-state index contributed by atoms with van der Waals surface area (Å²) in [4.78, 5) is 21.3. The molecule has 0 fully saturated rings. The highest BCUT2D eigenvalue weighted by molar-refractivity contribution is 6.33. The number of benzene rings is 3. The number of nitrogens with one attached hydrogen (secondary N) is 3. The van der Waals surface area contributed by atoms with Crippen LogP contribution in [0.3, 0.4) is 0 Å². The van der Waals surface area contributed by atoms with E-state index in [1.165, 1.54) is 18.2 Å². The fourth-order valence-electron chi connectivity index (χ4n) is 4.42. The second kappa shape index (κ2) is 8.48. The molecule has 1 aliphatic heterocycles.